The largest absolute Gasteiger partial charge is 2.00 e. The maximum absolute atomic E-state index is 13.5. The van der Waals surface area contributed by atoms with Crippen LogP contribution >= 0.6 is 17.0 Å². The van der Waals surface area contributed by atoms with Gasteiger partial charge in [-0.05, 0) is 6.42 Å². The minimum absolute atomic E-state index is 0. The molecular formula is C21H27BrMgNO5Si+3. The van der Waals surface area contributed by atoms with E-state index in [1.807, 2.05) is 12.1 Å². The van der Waals surface area contributed by atoms with Crippen molar-refractivity contribution in [2.45, 2.75) is 24.5 Å². The van der Waals surface area contributed by atoms with E-state index in [1.165, 1.54) is 0 Å². The number of hydrogen-bond donors (Lipinski definition) is 1. The molecule has 0 radical (unpaired) electrons. The van der Waals surface area contributed by atoms with Crippen LogP contribution in [0.15, 0.2) is 60.7 Å². The van der Waals surface area contributed by atoms with Crippen LogP contribution in [0.1, 0.15) is 24.0 Å². The van der Waals surface area contributed by atoms with E-state index in [1.54, 1.807) is 48.5 Å². The summed E-state index contributed by atoms with van der Waals surface area (Å²) in [6.45, 7) is 1.72. The fourth-order valence-corrected chi connectivity index (χ4v) is 4.43. The summed E-state index contributed by atoms with van der Waals surface area (Å²) < 4.78 is 24.0. The van der Waals surface area contributed by atoms with E-state index in [2.05, 4.69) is 14.1 Å². The summed E-state index contributed by atoms with van der Waals surface area (Å²) in [4.78, 5) is 23.2. The molecule has 6 nitrogen and oxygen atoms in total. The van der Waals surface area contributed by atoms with Crippen LogP contribution in [0.5, 0.6) is 0 Å². The summed E-state index contributed by atoms with van der Waals surface area (Å²) in [6, 6.07) is 17.5. The molecule has 0 saturated carbocycles. The van der Waals surface area contributed by atoms with Crippen LogP contribution in [0.25, 0.3) is 0 Å². The van der Waals surface area contributed by atoms with Crippen molar-refractivity contribution in [3.05, 3.63) is 71.8 Å². The van der Waals surface area contributed by atoms with Crippen LogP contribution < -0.4 is 0 Å². The van der Waals surface area contributed by atoms with E-state index in [9.17, 15) is 14.1 Å². The molecule has 1 atom stereocenters. The quantitative estimate of drug-likeness (QED) is 0.371. The molecule has 0 aliphatic carbocycles. The Labute approximate surface area is 205 Å². The molecule has 1 saturated heterocycles. The van der Waals surface area contributed by atoms with E-state index in [0.29, 0.717) is 17.7 Å². The molecule has 0 aromatic heterocycles. The van der Waals surface area contributed by atoms with Gasteiger partial charge in [0.1, 0.15) is 6.54 Å². The monoisotopic (exact) mass is 504 g/mol. The Balaban J connectivity index is 0.00000225. The first kappa shape index (κ1) is 26.8. The molecule has 1 N–H and O–H groups in total. The Morgan fingerprint density at radius 2 is 1.57 bits per heavy atom. The van der Waals surface area contributed by atoms with Crippen molar-refractivity contribution in [3.8, 4) is 0 Å². The summed E-state index contributed by atoms with van der Waals surface area (Å²) in [5.74, 6) is -0.663. The van der Waals surface area contributed by atoms with E-state index in [-0.39, 0.29) is 46.1 Å². The van der Waals surface area contributed by atoms with Gasteiger partial charge in [0.2, 0.25) is 5.60 Å². The molecule has 2 aromatic rings. The minimum atomic E-state index is -3.45. The summed E-state index contributed by atoms with van der Waals surface area (Å²) in [7, 11) is 0.757. The Morgan fingerprint density at radius 1 is 1.07 bits per heavy atom. The molecule has 1 aliphatic heterocycles. The molecule has 3 rings (SSSR count). The van der Waals surface area contributed by atoms with Crippen molar-refractivity contribution < 1.29 is 27.7 Å². The van der Waals surface area contributed by atoms with Gasteiger partial charge in [0.15, 0.2) is 6.10 Å². The molecule has 9 heteroatoms. The van der Waals surface area contributed by atoms with Gasteiger partial charge in [0, 0.05) is 17.5 Å². The molecule has 1 fully saturated rings. The number of rotatable bonds is 6. The van der Waals surface area contributed by atoms with Crippen LogP contribution in [-0.2, 0) is 24.0 Å². The van der Waals surface area contributed by atoms with Crippen molar-refractivity contribution in [1.29, 1.82) is 0 Å². The summed E-state index contributed by atoms with van der Waals surface area (Å²) in [5, 5.41) is 0. The number of likely N-dealkylation sites (N-methyl/N-ethyl adjacent to an activating group) is 1. The smallest absolute Gasteiger partial charge is 0.511 e. The molecular weight excluding hydrogens is 479 g/mol. The predicted octanol–water partition coefficient (Wildman–Crippen LogP) is 2.33. The second-order valence-corrected chi connectivity index (χ2v) is 8.53. The number of likely N-dealkylation sites (tertiary alicyclic amines) is 1. The summed E-state index contributed by atoms with van der Waals surface area (Å²) in [5.41, 5.74) is -0.867. The standard InChI is InChI=1S/C21H26NO5Si.BrH.Mg/c1-22(2)15-9-14-19(16-22)26-20(23)21(27-28(24)25,17-10-5-3-6-11-17)18-12-7-4-8-13-18;;/h3-8,10-13,19,24H,9,14-16H2,1-2H3;1H;/q+1;;+2. The SMILES string of the molecule is Br.C[N+]1(C)CCCC(OC(=O)C(O[Si](=O)O)(c2ccccc2)c2ccccc2)C1.[Mg+2]. The maximum Gasteiger partial charge on any atom is 2.00 e. The summed E-state index contributed by atoms with van der Waals surface area (Å²) in [6.07, 6.45) is 1.45. The van der Waals surface area contributed by atoms with Gasteiger partial charge in [-0.3, -0.25) is 4.46 Å². The number of quaternary nitrogens is 1. The molecule has 2 aromatic carbocycles. The number of hydrogen-bond acceptors (Lipinski definition) is 4. The van der Waals surface area contributed by atoms with Crippen LogP contribution in [0, 0.1) is 0 Å². The van der Waals surface area contributed by atoms with Gasteiger partial charge in [-0.1, -0.05) is 60.7 Å². The van der Waals surface area contributed by atoms with E-state index in [4.69, 9.17) is 9.16 Å². The zero-order valence-corrected chi connectivity index (χ0v) is 21.4. The first-order valence-electron chi connectivity index (χ1n) is 9.39. The molecule has 1 heterocycles. The van der Waals surface area contributed by atoms with Crippen LogP contribution in [0.3, 0.4) is 0 Å². The van der Waals surface area contributed by atoms with E-state index in [0.717, 1.165) is 23.9 Å². The average molecular weight is 506 g/mol. The fourth-order valence-electron chi connectivity index (χ4n) is 3.85. The first-order valence-corrected chi connectivity index (χ1v) is 10.7. The van der Waals surface area contributed by atoms with Gasteiger partial charge in [-0.25, -0.2) is 4.79 Å². The number of benzene rings is 2. The number of carbonyl (C=O) groups excluding carboxylic acids is 1. The van der Waals surface area contributed by atoms with Crippen molar-refractivity contribution in [3.63, 3.8) is 0 Å². The average Bonchev–Trinajstić information content (AvgIpc) is 2.66. The van der Waals surface area contributed by atoms with Gasteiger partial charge in [-0.15, -0.1) is 17.0 Å². The minimum Gasteiger partial charge on any atom is -0.511 e. The number of nitrogens with zero attached hydrogens (tertiary/aromatic N) is 1. The molecule has 30 heavy (non-hydrogen) atoms. The number of halogens is 1. The van der Waals surface area contributed by atoms with Crippen LogP contribution in [0.4, 0.5) is 0 Å². The molecule has 1 unspecified atom stereocenters. The van der Waals surface area contributed by atoms with E-state index >= 15 is 0 Å². The van der Waals surface area contributed by atoms with Gasteiger partial charge >= 0.3 is 38.2 Å². The van der Waals surface area contributed by atoms with Gasteiger partial charge < -0.3 is 18.4 Å². The Hall–Kier alpha value is -1.27. The Bertz CT molecular complexity index is 798. The zero-order chi connectivity index (χ0) is 20.2. The third kappa shape index (κ3) is 6.13. The Kier molecular flexibility index (Phi) is 10.2. The third-order valence-corrected chi connectivity index (χ3v) is 5.63. The maximum atomic E-state index is 13.5. The second-order valence-electron chi connectivity index (χ2n) is 7.79. The van der Waals surface area contributed by atoms with Crippen molar-refractivity contribution in [1.82, 2.24) is 0 Å². The normalized spacial score (nSPS) is 17.6. The van der Waals surface area contributed by atoms with Crippen LogP contribution in [0.2, 0.25) is 0 Å². The first-order chi connectivity index (χ1) is 13.3. The van der Waals surface area contributed by atoms with Crippen molar-refractivity contribution >= 4 is 55.2 Å². The van der Waals surface area contributed by atoms with Gasteiger partial charge in [0.05, 0.1) is 20.6 Å². The molecule has 0 amide bonds. The Morgan fingerprint density at radius 3 is 2.00 bits per heavy atom. The molecule has 0 bridgehead atoms. The fraction of sp³-hybridized carbons (Fsp3) is 0.381. The van der Waals surface area contributed by atoms with Crippen molar-refractivity contribution in [2.24, 2.45) is 0 Å². The second kappa shape index (κ2) is 11.4. The summed E-state index contributed by atoms with van der Waals surface area (Å²) >= 11 is 0. The topological polar surface area (TPSA) is 72.8 Å². The molecule has 156 valence electrons. The van der Waals surface area contributed by atoms with E-state index < -0.39 is 20.7 Å². The third-order valence-electron chi connectivity index (χ3n) is 5.15. The molecule has 1 aliphatic rings. The van der Waals surface area contributed by atoms with Crippen LogP contribution in [-0.4, -0.2) is 80.8 Å². The number of piperidine rings is 1. The van der Waals surface area contributed by atoms with Crippen molar-refractivity contribution in [2.75, 3.05) is 27.2 Å². The number of ether oxygens (including phenoxy) is 1. The number of carbonyl (C=O) groups is 1. The zero-order valence-electron chi connectivity index (χ0n) is 17.3. The van der Waals surface area contributed by atoms with Gasteiger partial charge in [-0.2, -0.15) is 0 Å². The predicted molar refractivity (Wildman–Crippen MR) is 120 cm³/mol. The molecule has 0 spiro atoms. The van der Waals surface area contributed by atoms with Gasteiger partial charge in [0.25, 0.3) is 0 Å². The number of esters is 1.